The number of hydrogen-bond acceptors (Lipinski definition) is 3. The number of nitrogens with two attached hydrogens (primary N) is 1. The summed E-state index contributed by atoms with van der Waals surface area (Å²) < 4.78 is 0. The highest BCUT2D eigenvalue weighted by molar-refractivity contribution is 5.11. The van der Waals surface area contributed by atoms with Crippen molar-refractivity contribution in [2.24, 2.45) is 5.73 Å². The second kappa shape index (κ2) is 4.07. The van der Waals surface area contributed by atoms with Crippen LogP contribution in [-0.2, 0) is 13.1 Å². The van der Waals surface area contributed by atoms with Crippen molar-refractivity contribution in [1.82, 2.24) is 9.88 Å². The Hall–Kier alpha value is -0.930. The van der Waals surface area contributed by atoms with Crippen LogP contribution < -0.4 is 5.73 Å². The summed E-state index contributed by atoms with van der Waals surface area (Å²) in [6, 6.07) is 6.86. The molecule has 1 aliphatic rings. The molecule has 3 heteroatoms. The van der Waals surface area contributed by atoms with E-state index in [-0.39, 0.29) is 0 Å². The third-order valence-electron chi connectivity index (χ3n) is 2.66. The highest BCUT2D eigenvalue weighted by atomic mass is 15.2. The Bertz CT molecular complexity index is 307. The lowest BCUT2D eigenvalue weighted by molar-refractivity contribution is 0.312. The van der Waals surface area contributed by atoms with Crippen LogP contribution in [0.3, 0.4) is 0 Å². The summed E-state index contributed by atoms with van der Waals surface area (Å²) in [4.78, 5) is 6.84. The van der Waals surface area contributed by atoms with Gasteiger partial charge in [0.1, 0.15) is 0 Å². The van der Waals surface area contributed by atoms with E-state index >= 15 is 0 Å². The molecule has 0 bridgehead atoms. The number of rotatable bonds is 4. The van der Waals surface area contributed by atoms with Gasteiger partial charge in [0.15, 0.2) is 0 Å². The molecule has 2 N–H and O–H groups in total. The number of hydrogen-bond donors (Lipinski definition) is 1. The van der Waals surface area contributed by atoms with Gasteiger partial charge in [-0.15, -0.1) is 0 Å². The van der Waals surface area contributed by atoms with Gasteiger partial charge in [-0.1, -0.05) is 6.07 Å². The summed E-state index contributed by atoms with van der Waals surface area (Å²) in [5.74, 6) is 0. The predicted octanol–water partition coefficient (Wildman–Crippen LogP) is 1.13. The van der Waals surface area contributed by atoms with Gasteiger partial charge in [-0.25, -0.2) is 0 Å². The molecule has 1 aliphatic carbocycles. The van der Waals surface area contributed by atoms with Crippen LogP contribution >= 0.6 is 0 Å². The molecule has 0 saturated heterocycles. The van der Waals surface area contributed by atoms with Gasteiger partial charge in [-0.3, -0.25) is 9.88 Å². The maximum absolute atomic E-state index is 5.55. The predicted molar refractivity (Wildman–Crippen MR) is 56.6 cm³/mol. The Balaban J connectivity index is 2.00. The summed E-state index contributed by atoms with van der Waals surface area (Å²) in [5.41, 5.74) is 7.65. The molecule has 1 heterocycles. The first-order valence-corrected chi connectivity index (χ1v) is 5.14. The topological polar surface area (TPSA) is 42.1 Å². The molecule has 3 nitrogen and oxygen atoms in total. The van der Waals surface area contributed by atoms with Crippen LogP contribution in [-0.4, -0.2) is 23.0 Å². The van der Waals surface area contributed by atoms with Crippen LogP contribution in [0.25, 0.3) is 0 Å². The van der Waals surface area contributed by atoms with Crippen molar-refractivity contribution in [2.75, 3.05) is 7.05 Å². The first kappa shape index (κ1) is 9.62. The van der Waals surface area contributed by atoms with Gasteiger partial charge >= 0.3 is 0 Å². The molecule has 1 fully saturated rings. The number of aromatic nitrogens is 1. The van der Waals surface area contributed by atoms with Gasteiger partial charge in [0.2, 0.25) is 0 Å². The van der Waals surface area contributed by atoms with Crippen molar-refractivity contribution >= 4 is 0 Å². The van der Waals surface area contributed by atoms with E-state index in [1.807, 2.05) is 12.1 Å². The molecule has 0 spiro atoms. The third-order valence-corrected chi connectivity index (χ3v) is 2.66. The van der Waals surface area contributed by atoms with E-state index < -0.39 is 0 Å². The first-order chi connectivity index (χ1) is 6.79. The highest BCUT2D eigenvalue weighted by Crippen LogP contribution is 2.26. The second-order valence-corrected chi connectivity index (χ2v) is 3.97. The summed E-state index contributed by atoms with van der Waals surface area (Å²) in [7, 11) is 2.16. The fraction of sp³-hybridized carbons (Fsp3) is 0.545. The van der Waals surface area contributed by atoms with Crippen LogP contribution in [0.4, 0.5) is 0 Å². The van der Waals surface area contributed by atoms with Gasteiger partial charge in [0, 0.05) is 19.1 Å². The van der Waals surface area contributed by atoms with Crippen molar-refractivity contribution < 1.29 is 0 Å². The normalized spacial score (nSPS) is 16.2. The van der Waals surface area contributed by atoms with Gasteiger partial charge in [0.25, 0.3) is 0 Å². The molecular formula is C11H17N3. The molecule has 0 aliphatic heterocycles. The van der Waals surface area contributed by atoms with E-state index in [0.717, 1.165) is 24.0 Å². The zero-order chi connectivity index (χ0) is 9.97. The van der Waals surface area contributed by atoms with Crippen molar-refractivity contribution in [2.45, 2.75) is 32.0 Å². The first-order valence-electron chi connectivity index (χ1n) is 5.14. The van der Waals surface area contributed by atoms with Gasteiger partial charge in [0.05, 0.1) is 11.4 Å². The van der Waals surface area contributed by atoms with Crippen molar-refractivity contribution in [3.05, 3.63) is 29.6 Å². The molecule has 1 aromatic heterocycles. The van der Waals surface area contributed by atoms with Crippen LogP contribution in [0.15, 0.2) is 18.2 Å². The van der Waals surface area contributed by atoms with Crippen molar-refractivity contribution in [3.8, 4) is 0 Å². The monoisotopic (exact) mass is 191 g/mol. The quantitative estimate of drug-likeness (QED) is 0.776. The average Bonchev–Trinajstić information content (AvgIpc) is 3.01. The minimum Gasteiger partial charge on any atom is -0.325 e. The van der Waals surface area contributed by atoms with Gasteiger partial charge in [-0.2, -0.15) is 0 Å². The molecule has 76 valence electrons. The van der Waals surface area contributed by atoms with E-state index in [1.54, 1.807) is 0 Å². The van der Waals surface area contributed by atoms with Crippen molar-refractivity contribution in [1.29, 1.82) is 0 Å². The molecule has 0 amide bonds. The molecule has 1 aromatic rings. The Morgan fingerprint density at radius 2 is 2.14 bits per heavy atom. The van der Waals surface area contributed by atoms with Crippen LogP contribution in [0.1, 0.15) is 24.2 Å². The summed E-state index contributed by atoms with van der Waals surface area (Å²) in [6.07, 6.45) is 2.68. The highest BCUT2D eigenvalue weighted by Gasteiger charge is 2.25. The number of pyridine rings is 1. The molecule has 0 radical (unpaired) electrons. The van der Waals surface area contributed by atoms with Gasteiger partial charge < -0.3 is 5.73 Å². The minimum atomic E-state index is 0.529. The largest absolute Gasteiger partial charge is 0.325 e. The van der Waals surface area contributed by atoms with Gasteiger partial charge in [-0.05, 0) is 32.0 Å². The second-order valence-electron chi connectivity index (χ2n) is 3.97. The SMILES string of the molecule is CN(Cc1cccc(CN)n1)C1CC1. The van der Waals surface area contributed by atoms with Crippen LogP contribution in [0.2, 0.25) is 0 Å². The Morgan fingerprint density at radius 1 is 1.43 bits per heavy atom. The smallest absolute Gasteiger partial charge is 0.0547 e. The van der Waals surface area contributed by atoms with E-state index in [2.05, 4.69) is 23.0 Å². The molecule has 0 aromatic carbocycles. The Kier molecular flexibility index (Phi) is 2.79. The van der Waals surface area contributed by atoms with E-state index in [0.29, 0.717) is 6.54 Å². The lowest BCUT2D eigenvalue weighted by Crippen LogP contribution is -2.20. The van der Waals surface area contributed by atoms with E-state index in [4.69, 9.17) is 5.73 Å². The third kappa shape index (κ3) is 2.30. The average molecular weight is 191 g/mol. The van der Waals surface area contributed by atoms with Crippen molar-refractivity contribution in [3.63, 3.8) is 0 Å². The Morgan fingerprint density at radius 3 is 2.79 bits per heavy atom. The maximum atomic E-state index is 5.55. The molecule has 0 atom stereocenters. The number of nitrogens with zero attached hydrogens (tertiary/aromatic N) is 2. The lowest BCUT2D eigenvalue weighted by Gasteiger charge is -2.15. The summed E-state index contributed by atoms with van der Waals surface area (Å²) in [6.45, 7) is 1.47. The maximum Gasteiger partial charge on any atom is 0.0547 e. The van der Waals surface area contributed by atoms with Crippen LogP contribution in [0.5, 0.6) is 0 Å². The molecule has 0 unspecified atom stereocenters. The molecule has 1 saturated carbocycles. The minimum absolute atomic E-state index is 0.529. The standard InChI is InChI=1S/C11H17N3/c1-14(11-5-6-11)8-10-4-2-3-9(7-12)13-10/h2-4,11H,5-8,12H2,1H3. The lowest BCUT2D eigenvalue weighted by atomic mass is 10.3. The van der Waals surface area contributed by atoms with Crippen LogP contribution in [0, 0.1) is 0 Å². The fourth-order valence-corrected chi connectivity index (χ4v) is 1.63. The fourth-order valence-electron chi connectivity index (χ4n) is 1.63. The van der Waals surface area contributed by atoms with E-state index in [1.165, 1.54) is 12.8 Å². The van der Waals surface area contributed by atoms with E-state index in [9.17, 15) is 0 Å². The summed E-state index contributed by atoms with van der Waals surface area (Å²) >= 11 is 0. The molecular weight excluding hydrogens is 174 g/mol. The zero-order valence-electron chi connectivity index (χ0n) is 8.61. The zero-order valence-corrected chi connectivity index (χ0v) is 8.61. The summed E-state index contributed by atoms with van der Waals surface area (Å²) in [5, 5.41) is 0. The Labute approximate surface area is 84.9 Å². The molecule has 14 heavy (non-hydrogen) atoms. The molecule has 2 rings (SSSR count).